The number of carboxylic acid groups (broad SMARTS) is 1. The number of hydrogen-bond donors (Lipinski definition) is 1. The number of benzene rings is 1. The van der Waals surface area contributed by atoms with E-state index in [0.29, 0.717) is 0 Å². The first-order chi connectivity index (χ1) is 10.2. The summed E-state index contributed by atoms with van der Waals surface area (Å²) in [5, 5.41) is 8.32. The summed E-state index contributed by atoms with van der Waals surface area (Å²) in [5.74, 6) is 0.0752. The number of amidine groups is 1. The van der Waals surface area contributed by atoms with E-state index in [1.165, 1.54) is 12.3 Å². The molecule has 0 aliphatic carbocycles. The predicted molar refractivity (Wildman–Crippen MR) is 80.5 cm³/mol. The molecule has 1 radical (unpaired) electrons. The summed E-state index contributed by atoms with van der Waals surface area (Å²) in [4.78, 5) is 20.3. The molecule has 1 N–H and O–H groups in total. The summed E-state index contributed by atoms with van der Waals surface area (Å²) in [6.45, 7) is 1.94. The third-order valence-electron chi connectivity index (χ3n) is 2.89. The monoisotopic (exact) mass is 475 g/mol. The first kappa shape index (κ1) is 18.0. The van der Waals surface area contributed by atoms with Gasteiger partial charge in [0, 0.05) is 45.2 Å². The Morgan fingerprint density at radius 2 is 2.05 bits per heavy atom. The molecule has 1 aliphatic rings. The van der Waals surface area contributed by atoms with Gasteiger partial charge in [-0.3, -0.25) is 0 Å². The van der Waals surface area contributed by atoms with E-state index in [9.17, 15) is 4.79 Å². The van der Waals surface area contributed by atoms with E-state index in [4.69, 9.17) is 5.11 Å². The summed E-state index contributed by atoms with van der Waals surface area (Å²) in [6.07, 6.45) is 1.45. The van der Waals surface area contributed by atoms with Crippen LogP contribution >= 0.6 is 0 Å². The van der Waals surface area contributed by atoms with Crippen LogP contribution in [0.15, 0.2) is 53.7 Å². The van der Waals surface area contributed by atoms with Crippen LogP contribution in [0.5, 0.6) is 0 Å². The van der Waals surface area contributed by atoms with Gasteiger partial charge in [-0.2, -0.15) is 0 Å². The Kier molecular flexibility index (Phi) is 7.43. The fourth-order valence-electron chi connectivity index (χ4n) is 1.85. The molecule has 2 aromatic rings. The Hall–Kier alpha value is -2.04. The largest absolute Gasteiger partial charge is 0.477 e. The van der Waals surface area contributed by atoms with Gasteiger partial charge in [-0.15, -0.1) is 35.9 Å². The second-order valence-corrected chi connectivity index (χ2v) is 4.42. The van der Waals surface area contributed by atoms with Crippen LogP contribution < -0.4 is 0 Å². The number of carbonyl (C=O) groups is 1. The molecule has 0 saturated carbocycles. The Morgan fingerprint density at radius 3 is 2.50 bits per heavy atom. The molecule has 0 saturated heterocycles. The average molecular weight is 475 g/mol. The normalized spacial score (nSPS) is 12.6. The number of hydrogen-bond acceptors (Lipinski definition) is 4. The van der Waals surface area contributed by atoms with Crippen molar-refractivity contribution in [2.75, 3.05) is 20.1 Å². The first-order valence-electron chi connectivity index (χ1n) is 6.55. The molecule has 1 aromatic carbocycles. The number of aliphatic imine (C=N–C) groups is 1. The van der Waals surface area contributed by atoms with Crippen molar-refractivity contribution in [1.82, 2.24) is 9.88 Å². The quantitative estimate of drug-likeness (QED) is 0.676. The summed E-state index contributed by atoms with van der Waals surface area (Å²) >= 11 is 0. The molecule has 117 valence electrons. The Morgan fingerprint density at radius 1 is 1.27 bits per heavy atom. The van der Waals surface area contributed by atoms with Crippen LogP contribution in [-0.2, 0) is 20.1 Å². The van der Waals surface area contributed by atoms with Gasteiger partial charge in [0.2, 0.25) is 0 Å². The number of likely N-dealkylation sites (N-methyl/N-ethyl adjacent to an activating group) is 1. The molecule has 1 aromatic heterocycles. The number of rotatable bonds is 2. The minimum absolute atomic E-state index is 0. The van der Waals surface area contributed by atoms with Crippen LogP contribution in [0, 0.1) is 6.07 Å². The predicted octanol–water partition coefficient (Wildman–Crippen LogP) is 1.96. The zero-order valence-electron chi connectivity index (χ0n) is 12.1. The van der Waals surface area contributed by atoms with Crippen LogP contribution in [0.25, 0.3) is 0 Å². The zero-order chi connectivity index (χ0) is 15.1. The van der Waals surface area contributed by atoms with E-state index in [1.807, 2.05) is 24.3 Å². The third kappa shape index (κ3) is 5.06. The van der Waals surface area contributed by atoms with E-state index in [1.54, 1.807) is 12.1 Å². The molecule has 1 aliphatic heterocycles. The summed E-state index contributed by atoms with van der Waals surface area (Å²) < 4.78 is 0. The average Bonchev–Trinajstić information content (AvgIpc) is 2.96. The number of nitrogens with zero attached hydrogens (tertiary/aromatic N) is 3. The van der Waals surface area contributed by atoms with Crippen LogP contribution in [0.2, 0.25) is 0 Å². The van der Waals surface area contributed by atoms with E-state index in [0.717, 1.165) is 24.5 Å². The Balaban J connectivity index is 0.000000219. The van der Waals surface area contributed by atoms with Crippen LogP contribution in [0.3, 0.4) is 0 Å². The van der Waals surface area contributed by atoms with E-state index in [2.05, 4.69) is 28.0 Å². The van der Waals surface area contributed by atoms with Crippen molar-refractivity contribution < 1.29 is 30.0 Å². The molecule has 0 bridgehead atoms. The molecule has 6 heteroatoms. The molecular weight excluding hydrogens is 458 g/mol. The second kappa shape index (κ2) is 9.07. The van der Waals surface area contributed by atoms with Crippen LogP contribution in [0.1, 0.15) is 16.1 Å². The molecule has 0 unspecified atom stereocenters. The van der Waals surface area contributed by atoms with Gasteiger partial charge in [-0.05, 0) is 19.2 Å². The van der Waals surface area contributed by atoms with Crippen LogP contribution in [-0.4, -0.2) is 46.9 Å². The van der Waals surface area contributed by atoms with E-state index < -0.39 is 5.97 Å². The van der Waals surface area contributed by atoms with Gasteiger partial charge >= 0.3 is 5.97 Å². The fourth-order valence-corrected chi connectivity index (χ4v) is 1.85. The molecule has 5 nitrogen and oxygen atoms in total. The first-order valence-corrected chi connectivity index (χ1v) is 6.55. The van der Waals surface area contributed by atoms with Gasteiger partial charge < -0.3 is 15.0 Å². The van der Waals surface area contributed by atoms with Crippen molar-refractivity contribution >= 4 is 11.8 Å². The third-order valence-corrected chi connectivity index (χ3v) is 2.89. The maximum atomic E-state index is 10.1. The molecule has 2 heterocycles. The molecule has 3 rings (SSSR count). The van der Waals surface area contributed by atoms with Gasteiger partial charge in [0.15, 0.2) is 0 Å². The van der Waals surface area contributed by atoms with Crippen molar-refractivity contribution in [1.29, 1.82) is 0 Å². The van der Waals surface area contributed by atoms with E-state index >= 15 is 0 Å². The smallest absolute Gasteiger partial charge is 0.354 e. The second-order valence-electron chi connectivity index (χ2n) is 4.42. The van der Waals surface area contributed by atoms with Crippen molar-refractivity contribution in [3.05, 3.63) is 66.0 Å². The topological polar surface area (TPSA) is 65.8 Å². The van der Waals surface area contributed by atoms with Gasteiger partial charge in [0.1, 0.15) is 5.69 Å². The number of aromatic nitrogens is 1. The molecule has 0 fully saturated rings. The molecule has 22 heavy (non-hydrogen) atoms. The standard InChI is InChI=1S/C10H11N2.C6H5NO2.Ir/c1-12-8-7-11-10(12)9-5-3-2-4-6-9;8-6(9)5-3-1-2-4-7-5;/h2-5H,7-8H2,1H3;1-4H,(H,8,9);/q-1;;. The van der Waals surface area contributed by atoms with Gasteiger partial charge in [0.25, 0.3) is 0 Å². The maximum absolute atomic E-state index is 10.1. The molecule has 0 atom stereocenters. The number of pyridine rings is 1. The summed E-state index contributed by atoms with van der Waals surface area (Å²) in [6, 6.07) is 15.9. The van der Waals surface area contributed by atoms with Crippen molar-refractivity contribution in [3.63, 3.8) is 0 Å². The van der Waals surface area contributed by atoms with Crippen molar-refractivity contribution in [3.8, 4) is 0 Å². The van der Waals surface area contributed by atoms with Gasteiger partial charge in [-0.1, -0.05) is 6.07 Å². The number of aromatic carboxylic acids is 1. The minimum Gasteiger partial charge on any atom is -0.477 e. The van der Waals surface area contributed by atoms with Crippen LogP contribution in [0.4, 0.5) is 0 Å². The maximum Gasteiger partial charge on any atom is 0.354 e. The van der Waals surface area contributed by atoms with E-state index in [-0.39, 0.29) is 25.8 Å². The number of carboxylic acids is 1. The summed E-state index contributed by atoms with van der Waals surface area (Å²) in [5.41, 5.74) is 1.18. The SMILES string of the molecule is CN1CCN=C1c1[c-]cccc1.O=C(O)c1ccccn1.[Ir]. The van der Waals surface area contributed by atoms with Crippen molar-refractivity contribution in [2.24, 2.45) is 4.99 Å². The Labute approximate surface area is 143 Å². The van der Waals surface area contributed by atoms with Gasteiger partial charge in [0.05, 0.1) is 0 Å². The fraction of sp³-hybridized carbons (Fsp3) is 0.188. The van der Waals surface area contributed by atoms with Gasteiger partial charge in [-0.25, -0.2) is 9.78 Å². The molecule has 0 spiro atoms. The minimum atomic E-state index is -0.990. The zero-order valence-corrected chi connectivity index (χ0v) is 14.5. The van der Waals surface area contributed by atoms with Crippen molar-refractivity contribution in [2.45, 2.75) is 0 Å². The Bertz CT molecular complexity index is 618. The summed E-state index contributed by atoms with van der Waals surface area (Å²) in [7, 11) is 2.06. The molecule has 0 amide bonds. The molecular formula is C16H16IrN3O2-.